The van der Waals surface area contributed by atoms with Gasteiger partial charge in [-0.2, -0.15) is 4.98 Å². The van der Waals surface area contributed by atoms with Crippen molar-refractivity contribution >= 4 is 6.08 Å². The highest BCUT2D eigenvalue weighted by Crippen LogP contribution is 2.14. The normalized spacial score (nSPS) is 10.1. The van der Waals surface area contributed by atoms with E-state index < -0.39 is 0 Å². The Kier molecular flexibility index (Phi) is 2.10. The van der Waals surface area contributed by atoms with Crippen molar-refractivity contribution in [1.29, 1.82) is 0 Å². The molecule has 0 radical (unpaired) electrons. The second-order valence-electron chi connectivity index (χ2n) is 2.83. The first-order valence-electron chi connectivity index (χ1n) is 4.19. The van der Waals surface area contributed by atoms with Crippen LogP contribution in [0.15, 0.2) is 29.4 Å². The topological polar surface area (TPSA) is 51.8 Å². The molecule has 2 aromatic rings. The molecule has 0 aliphatic heterocycles. The van der Waals surface area contributed by atoms with Crippen molar-refractivity contribution in [3.8, 4) is 11.6 Å². The number of aromatic nitrogens is 3. The van der Waals surface area contributed by atoms with Gasteiger partial charge in [0.25, 0.3) is 5.89 Å². The summed E-state index contributed by atoms with van der Waals surface area (Å²) in [6.07, 6.45) is 3.44. The third kappa shape index (κ3) is 1.54. The fourth-order valence-electron chi connectivity index (χ4n) is 1.05. The van der Waals surface area contributed by atoms with Crippen molar-refractivity contribution in [2.45, 2.75) is 6.92 Å². The predicted octanol–water partition coefficient (Wildman–Crippen LogP) is 2.08. The Balaban J connectivity index is 2.38. The van der Waals surface area contributed by atoms with Gasteiger partial charge in [0.15, 0.2) is 5.82 Å². The van der Waals surface area contributed by atoms with Gasteiger partial charge in [-0.1, -0.05) is 23.9 Å². The Labute approximate surface area is 81.3 Å². The van der Waals surface area contributed by atoms with Gasteiger partial charge in [0, 0.05) is 6.20 Å². The minimum Gasteiger partial charge on any atom is -0.332 e. The average Bonchev–Trinajstić information content (AvgIpc) is 2.65. The zero-order valence-corrected chi connectivity index (χ0v) is 7.77. The van der Waals surface area contributed by atoms with E-state index in [0.717, 1.165) is 5.56 Å². The highest BCUT2D eigenvalue weighted by Gasteiger charge is 2.06. The molecule has 0 aliphatic carbocycles. The van der Waals surface area contributed by atoms with Crippen molar-refractivity contribution in [3.63, 3.8) is 0 Å². The van der Waals surface area contributed by atoms with Crippen LogP contribution in [0.5, 0.6) is 0 Å². The monoisotopic (exact) mass is 187 g/mol. The lowest BCUT2D eigenvalue weighted by atomic mass is 10.2. The van der Waals surface area contributed by atoms with Gasteiger partial charge in [0.1, 0.15) is 5.69 Å². The molecule has 0 amide bonds. The molecule has 0 aromatic carbocycles. The van der Waals surface area contributed by atoms with E-state index in [-0.39, 0.29) is 0 Å². The molecule has 0 fully saturated rings. The molecule has 4 heteroatoms. The Hall–Kier alpha value is -1.97. The van der Waals surface area contributed by atoms with Crippen LogP contribution in [0.1, 0.15) is 11.4 Å². The molecule has 0 N–H and O–H groups in total. The zero-order valence-electron chi connectivity index (χ0n) is 7.77. The molecule has 2 heterocycles. The van der Waals surface area contributed by atoms with Gasteiger partial charge in [-0.05, 0) is 18.6 Å². The molecule has 0 spiro atoms. The maximum absolute atomic E-state index is 4.97. The van der Waals surface area contributed by atoms with Gasteiger partial charge < -0.3 is 4.52 Å². The largest absolute Gasteiger partial charge is 0.332 e. The molecule has 4 nitrogen and oxygen atoms in total. The van der Waals surface area contributed by atoms with Gasteiger partial charge in [0.2, 0.25) is 0 Å². The van der Waals surface area contributed by atoms with E-state index in [2.05, 4.69) is 21.7 Å². The van der Waals surface area contributed by atoms with Gasteiger partial charge in [-0.25, -0.2) is 0 Å². The zero-order chi connectivity index (χ0) is 9.97. The van der Waals surface area contributed by atoms with Gasteiger partial charge in [-0.3, -0.25) is 4.98 Å². The van der Waals surface area contributed by atoms with E-state index in [4.69, 9.17) is 4.52 Å². The number of hydrogen-bond donors (Lipinski definition) is 0. The molecule has 70 valence electrons. The Morgan fingerprint density at radius 1 is 1.43 bits per heavy atom. The third-order valence-electron chi connectivity index (χ3n) is 1.77. The second kappa shape index (κ2) is 3.41. The number of aryl methyl sites for hydroxylation is 1. The van der Waals surface area contributed by atoms with Crippen LogP contribution >= 0.6 is 0 Å². The molecule has 2 aromatic heterocycles. The Morgan fingerprint density at radius 3 is 2.79 bits per heavy atom. The fourth-order valence-corrected chi connectivity index (χ4v) is 1.05. The summed E-state index contributed by atoms with van der Waals surface area (Å²) in [6, 6.07) is 3.72. The summed E-state index contributed by atoms with van der Waals surface area (Å²) >= 11 is 0. The van der Waals surface area contributed by atoms with Gasteiger partial charge >= 0.3 is 0 Å². The van der Waals surface area contributed by atoms with E-state index >= 15 is 0 Å². The quantitative estimate of drug-likeness (QED) is 0.722. The van der Waals surface area contributed by atoms with Crippen LogP contribution in [-0.4, -0.2) is 15.1 Å². The van der Waals surface area contributed by atoms with Crippen LogP contribution in [0.2, 0.25) is 0 Å². The van der Waals surface area contributed by atoms with Crippen molar-refractivity contribution in [2.24, 2.45) is 0 Å². The van der Waals surface area contributed by atoms with E-state index in [0.29, 0.717) is 17.4 Å². The number of pyridine rings is 1. The maximum Gasteiger partial charge on any atom is 0.276 e. The molecular formula is C10H9N3O. The van der Waals surface area contributed by atoms with Crippen LogP contribution in [-0.2, 0) is 0 Å². The van der Waals surface area contributed by atoms with Crippen LogP contribution < -0.4 is 0 Å². The first-order valence-corrected chi connectivity index (χ1v) is 4.19. The highest BCUT2D eigenvalue weighted by atomic mass is 16.5. The molecule has 2 rings (SSSR count). The Morgan fingerprint density at radius 2 is 2.29 bits per heavy atom. The number of nitrogens with zero attached hydrogens (tertiary/aromatic N) is 3. The molecule has 0 aliphatic rings. The lowest BCUT2D eigenvalue weighted by Crippen LogP contribution is -1.83. The minimum atomic E-state index is 0.443. The average molecular weight is 187 g/mol. The SMILES string of the molecule is C=Cc1ccc(-c2nc(C)no2)nc1. The molecule has 0 unspecified atom stereocenters. The molecular weight excluding hydrogens is 178 g/mol. The number of rotatable bonds is 2. The van der Waals surface area contributed by atoms with E-state index in [1.807, 2.05) is 12.1 Å². The van der Waals surface area contributed by atoms with E-state index in [1.54, 1.807) is 19.2 Å². The van der Waals surface area contributed by atoms with Crippen LogP contribution in [0.25, 0.3) is 17.7 Å². The molecule has 0 atom stereocenters. The summed E-state index contributed by atoms with van der Waals surface area (Å²) in [5, 5.41) is 3.69. The standard InChI is InChI=1S/C10H9N3O/c1-3-8-4-5-9(11-6-8)10-12-7(2)13-14-10/h3-6H,1H2,2H3. The lowest BCUT2D eigenvalue weighted by molar-refractivity contribution is 0.424. The van der Waals surface area contributed by atoms with Gasteiger partial charge in [-0.15, -0.1) is 0 Å². The number of hydrogen-bond acceptors (Lipinski definition) is 4. The minimum absolute atomic E-state index is 0.443. The summed E-state index contributed by atoms with van der Waals surface area (Å²) in [6.45, 7) is 5.42. The predicted molar refractivity (Wildman–Crippen MR) is 52.4 cm³/mol. The van der Waals surface area contributed by atoms with Crippen molar-refractivity contribution < 1.29 is 4.52 Å². The summed E-state index contributed by atoms with van der Waals surface area (Å²) < 4.78 is 4.97. The first kappa shape index (κ1) is 8.62. The van der Waals surface area contributed by atoms with Crippen molar-refractivity contribution in [2.75, 3.05) is 0 Å². The molecule has 0 saturated carbocycles. The van der Waals surface area contributed by atoms with Crippen molar-refractivity contribution in [1.82, 2.24) is 15.1 Å². The van der Waals surface area contributed by atoms with Gasteiger partial charge in [0.05, 0.1) is 0 Å². The maximum atomic E-state index is 4.97. The lowest BCUT2D eigenvalue weighted by Gasteiger charge is -1.93. The summed E-state index contributed by atoms with van der Waals surface area (Å²) in [4.78, 5) is 8.24. The van der Waals surface area contributed by atoms with Crippen LogP contribution in [0.4, 0.5) is 0 Å². The third-order valence-corrected chi connectivity index (χ3v) is 1.77. The molecule has 0 bridgehead atoms. The van der Waals surface area contributed by atoms with E-state index in [9.17, 15) is 0 Å². The Bertz CT molecular complexity index is 445. The summed E-state index contributed by atoms with van der Waals surface area (Å²) in [7, 11) is 0. The fraction of sp³-hybridized carbons (Fsp3) is 0.100. The second-order valence-corrected chi connectivity index (χ2v) is 2.83. The summed E-state index contributed by atoms with van der Waals surface area (Å²) in [5.41, 5.74) is 1.64. The summed E-state index contributed by atoms with van der Waals surface area (Å²) in [5.74, 6) is 1.05. The van der Waals surface area contributed by atoms with Crippen molar-refractivity contribution in [3.05, 3.63) is 36.3 Å². The first-order chi connectivity index (χ1) is 6.79. The molecule has 0 saturated heterocycles. The highest BCUT2D eigenvalue weighted by molar-refractivity contribution is 5.52. The van der Waals surface area contributed by atoms with Crippen LogP contribution in [0, 0.1) is 6.92 Å². The van der Waals surface area contributed by atoms with E-state index in [1.165, 1.54) is 0 Å². The molecule has 14 heavy (non-hydrogen) atoms. The smallest absolute Gasteiger partial charge is 0.276 e. The van der Waals surface area contributed by atoms with Crippen LogP contribution in [0.3, 0.4) is 0 Å².